The minimum absolute atomic E-state index is 0.150. The number of amides is 1. The van der Waals surface area contributed by atoms with Gasteiger partial charge < -0.3 is 14.7 Å². The predicted octanol–water partition coefficient (Wildman–Crippen LogP) is 1.91. The largest absolute Gasteiger partial charge is 0.497 e. The number of methoxy groups -OCH3 is 1. The van der Waals surface area contributed by atoms with Crippen molar-refractivity contribution >= 4 is 11.9 Å². The van der Waals surface area contributed by atoms with Gasteiger partial charge in [0, 0.05) is 6.04 Å². The van der Waals surface area contributed by atoms with Crippen LogP contribution in [0.25, 0.3) is 5.69 Å². The lowest BCUT2D eigenvalue weighted by atomic mass is 10.2. The molecule has 134 valence electrons. The van der Waals surface area contributed by atoms with Crippen molar-refractivity contribution in [2.45, 2.75) is 33.2 Å². The highest BCUT2D eigenvalue weighted by Gasteiger charge is 2.27. The molecule has 1 N–H and O–H groups in total. The van der Waals surface area contributed by atoms with E-state index in [4.69, 9.17) is 9.84 Å². The van der Waals surface area contributed by atoms with Gasteiger partial charge in [0.25, 0.3) is 5.91 Å². The number of hydrogen-bond donors (Lipinski definition) is 1. The average molecular weight is 346 g/mol. The molecule has 0 radical (unpaired) electrons. The molecule has 25 heavy (non-hydrogen) atoms. The molecule has 0 aliphatic rings. The van der Waals surface area contributed by atoms with E-state index in [9.17, 15) is 9.59 Å². The summed E-state index contributed by atoms with van der Waals surface area (Å²) in [6, 6.07) is 6.97. The van der Waals surface area contributed by atoms with Crippen molar-refractivity contribution in [3.05, 3.63) is 35.7 Å². The minimum Gasteiger partial charge on any atom is -0.497 e. The number of benzene rings is 1. The molecule has 1 heterocycles. The van der Waals surface area contributed by atoms with Gasteiger partial charge in [-0.25, -0.2) is 4.68 Å². The third-order valence-corrected chi connectivity index (χ3v) is 4.10. The van der Waals surface area contributed by atoms with Crippen LogP contribution in [0.2, 0.25) is 0 Å². The first-order valence-electron chi connectivity index (χ1n) is 7.98. The number of aliphatic carboxylic acids is 1. The van der Waals surface area contributed by atoms with Gasteiger partial charge in [-0.15, -0.1) is 5.10 Å². The van der Waals surface area contributed by atoms with Crippen LogP contribution in [-0.2, 0) is 4.79 Å². The van der Waals surface area contributed by atoms with E-state index in [-0.39, 0.29) is 18.3 Å². The van der Waals surface area contributed by atoms with E-state index in [1.165, 1.54) is 4.90 Å². The summed E-state index contributed by atoms with van der Waals surface area (Å²) in [7, 11) is 1.58. The molecule has 1 aromatic heterocycles. The van der Waals surface area contributed by atoms with Crippen molar-refractivity contribution in [1.82, 2.24) is 19.9 Å². The van der Waals surface area contributed by atoms with Crippen LogP contribution in [0.5, 0.6) is 5.75 Å². The van der Waals surface area contributed by atoms with Gasteiger partial charge in [-0.05, 0) is 44.5 Å². The van der Waals surface area contributed by atoms with Crippen LogP contribution in [0.15, 0.2) is 24.3 Å². The lowest BCUT2D eigenvalue weighted by Gasteiger charge is -2.26. The number of carboxylic acids is 1. The van der Waals surface area contributed by atoms with E-state index in [1.54, 1.807) is 43.0 Å². The normalized spacial score (nSPS) is 11.8. The predicted molar refractivity (Wildman–Crippen MR) is 91.1 cm³/mol. The van der Waals surface area contributed by atoms with Crippen LogP contribution < -0.4 is 4.74 Å². The molecule has 0 spiro atoms. The summed E-state index contributed by atoms with van der Waals surface area (Å²) < 4.78 is 6.67. The summed E-state index contributed by atoms with van der Waals surface area (Å²) in [5, 5.41) is 17.1. The summed E-state index contributed by atoms with van der Waals surface area (Å²) in [5.41, 5.74) is 1.43. The van der Waals surface area contributed by atoms with Gasteiger partial charge in [0.15, 0.2) is 5.69 Å². The van der Waals surface area contributed by atoms with Gasteiger partial charge in [-0.1, -0.05) is 12.1 Å². The Labute approximate surface area is 146 Å². The third kappa shape index (κ3) is 3.96. The van der Waals surface area contributed by atoms with Crippen LogP contribution in [0.4, 0.5) is 0 Å². The Bertz CT molecular complexity index is 755. The third-order valence-electron chi connectivity index (χ3n) is 4.10. The smallest absolute Gasteiger partial charge is 0.323 e. The minimum atomic E-state index is -1.06. The van der Waals surface area contributed by atoms with Crippen LogP contribution in [-0.4, -0.2) is 56.6 Å². The maximum absolute atomic E-state index is 12.8. The molecule has 8 heteroatoms. The summed E-state index contributed by atoms with van der Waals surface area (Å²) in [6.45, 7) is 5.06. The molecular weight excluding hydrogens is 324 g/mol. The average Bonchev–Trinajstić information content (AvgIpc) is 2.99. The fraction of sp³-hybridized carbons (Fsp3) is 0.412. The zero-order valence-corrected chi connectivity index (χ0v) is 14.8. The molecule has 2 rings (SSSR count). The van der Waals surface area contributed by atoms with Crippen molar-refractivity contribution in [2.24, 2.45) is 0 Å². The lowest BCUT2D eigenvalue weighted by Crippen LogP contribution is -2.42. The highest BCUT2D eigenvalue weighted by Crippen LogP contribution is 2.18. The van der Waals surface area contributed by atoms with Gasteiger partial charge in [-0.2, -0.15) is 0 Å². The van der Waals surface area contributed by atoms with Crippen molar-refractivity contribution in [1.29, 1.82) is 0 Å². The number of ether oxygens (including phenoxy) is 1. The standard InChI is InChI=1S/C17H22N4O4/c1-5-11(2)20(10-15(22)23)17(24)16-12(3)21(19-18-16)13-6-8-14(25-4)9-7-13/h6-9,11H,5,10H2,1-4H3,(H,22,23). The van der Waals surface area contributed by atoms with E-state index < -0.39 is 11.9 Å². The van der Waals surface area contributed by atoms with E-state index in [1.807, 2.05) is 13.8 Å². The Hall–Kier alpha value is -2.90. The molecule has 1 atom stereocenters. The van der Waals surface area contributed by atoms with Crippen molar-refractivity contribution < 1.29 is 19.4 Å². The van der Waals surface area contributed by atoms with Crippen LogP contribution in [0, 0.1) is 6.92 Å². The first kappa shape index (κ1) is 18.4. The summed E-state index contributed by atoms with van der Waals surface area (Å²) in [6.07, 6.45) is 0.644. The fourth-order valence-corrected chi connectivity index (χ4v) is 2.43. The van der Waals surface area contributed by atoms with E-state index in [0.29, 0.717) is 17.9 Å². The molecule has 0 saturated carbocycles. The molecular formula is C17H22N4O4. The number of carbonyl (C=O) groups is 2. The number of rotatable bonds is 7. The molecule has 0 saturated heterocycles. The number of aromatic nitrogens is 3. The molecule has 1 amide bonds. The summed E-state index contributed by atoms with van der Waals surface area (Å²) in [4.78, 5) is 25.2. The zero-order valence-electron chi connectivity index (χ0n) is 14.8. The SMILES string of the molecule is CCC(C)N(CC(=O)O)C(=O)c1nnn(-c2ccc(OC)cc2)c1C. The Morgan fingerprint density at radius 2 is 1.96 bits per heavy atom. The van der Waals surface area contributed by atoms with Crippen LogP contribution >= 0.6 is 0 Å². The molecule has 8 nitrogen and oxygen atoms in total. The van der Waals surface area contributed by atoms with Gasteiger partial charge in [0.2, 0.25) is 0 Å². The van der Waals surface area contributed by atoms with E-state index >= 15 is 0 Å². The first-order valence-corrected chi connectivity index (χ1v) is 7.98. The van der Waals surface area contributed by atoms with Crippen LogP contribution in [0.3, 0.4) is 0 Å². The number of carboxylic acid groups (broad SMARTS) is 1. The van der Waals surface area contributed by atoms with Gasteiger partial charge in [0.05, 0.1) is 18.5 Å². The Kier molecular flexibility index (Phi) is 5.74. The Morgan fingerprint density at radius 3 is 2.48 bits per heavy atom. The van der Waals surface area contributed by atoms with Crippen LogP contribution in [0.1, 0.15) is 36.5 Å². The Balaban J connectivity index is 2.34. The summed E-state index contributed by atoms with van der Waals surface area (Å²) in [5.74, 6) is -0.787. The van der Waals surface area contributed by atoms with Crippen molar-refractivity contribution in [2.75, 3.05) is 13.7 Å². The second-order valence-electron chi connectivity index (χ2n) is 5.72. The van der Waals surface area contributed by atoms with Crippen molar-refractivity contribution in [3.63, 3.8) is 0 Å². The monoisotopic (exact) mass is 346 g/mol. The lowest BCUT2D eigenvalue weighted by molar-refractivity contribution is -0.138. The highest BCUT2D eigenvalue weighted by atomic mass is 16.5. The molecule has 1 aromatic carbocycles. The molecule has 0 aliphatic heterocycles. The fourth-order valence-electron chi connectivity index (χ4n) is 2.43. The number of carbonyl (C=O) groups excluding carboxylic acids is 1. The van der Waals surface area contributed by atoms with E-state index in [2.05, 4.69) is 10.3 Å². The van der Waals surface area contributed by atoms with E-state index in [0.717, 1.165) is 5.69 Å². The maximum atomic E-state index is 12.8. The first-order chi connectivity index (χ1) is 11.9. The molecule has 2 aromatic rings. The second-order valence-corrected chi connectivity index (χ2v) is 5.72. The highest BCUT2D eigenvalue weighted by molar-refractivity contribution is 5.95. The molecule has 0 aliphatic carbocycles. The Morgan fingerprint density at radius 1 is 1.32 bits per heavy atom. The molecule has 1 unspecified atom stereocenters. The summed E-state index contributed by atoms with van der Waals surface area (Å²) >= 11 is 0. The molecule has 0 bridgehead atoms. The number of hydrogen-bond acceptors (Lipinski definition) is 5. The second kappa shape index (κ2) is 7.78. The number of nitrogens with zero attached hydrogens (tertiary/aromatic N) is 4. The quantitative estimate of drug-likeness (QED) is 0.822. The van der Waals surface area contributed by atoms with Gasteiger partial charge in [0.1, 0.15) is 12.3 Å². The van der Waals surface area contributed by atoms with Gasteiger partial charge in [-0.3, -0.25) is 9.59 Å². The topological polar surface area (TPSA) is 97.5 Å². The zero-order chi connectivity index (χ0) is 18.6. The van der Waals surface area contributed by atoms with Crippen molar-refractivity contribution in [3.8, 4) is 11.4 Å². The van der Waals surface area contributed by atoms with Gasteiger partial charge >= 0.3 is 5.97 Å². The molecule has 0 fully saturated rings. The maximum Gasteiger partial charge on any atom is 0.323 e.